The lowest BCUT2D eigenvalue weighted by Crippen LogP contribution is -2.26. The fourth-order valence-corrected chi connectivity index (χ4v) is 1.80. The quantitative estimate of drug-likeness (QED) is 0.724. The van der Waals surface area contributed by atoms with Crippen molar-refractivity contribution < 1.29 is 23.5 Å². The van der Waals surface area contributed by atoms with Gasteiger partial charge in [-0.2, -0.15) is 0 Å². The Kier molecular flexibility index (Phi) is 6.65. The van der Waals surface area contributed by atoms with Crippen molar-refractivity contribution in [2.45, 2.75) is 26.3 Å². The molecular weight excluding hydrogens is 277 g/mol. The van der Waals surface area contributed by atoms with Crippen LogP contribution in [0.3, 0.4) is 0 Å². The SMILES string of the molecule is CCOC(=O)CCC(=O)N(C)Cc1ccc(OC)c(F)c1. The third-order valence-corrected chi connectivity index (χ3v) is 2.91. The summed E-state index contributed by atoms with van der Waals surface area (Å²) in [4.78, 5) is 24.5. The molecule has 0 aliphatic rings. The zero-order valence-electron chi connectivity index (χ0n) is 12.5. The van der Waals surface area contributed by atoms with Crippen molar-refractivity contribution in [3.8, 4) is 5.75 Å². The number of halogens is 1. The summed E-state index contributed by atoms with van der Waals surface area (Å²) in [5, 5.41) is 0. The first-order valence-corrected chi connectivity index (χ1v) is 6.70. The van der Waals surface area contributed by atoms with Gasteiger partial charge in [-0.3, -0.25) is 9.59 Å². The molecule has 0 unspecified atom stereocenters. The van der Waals surface area contributed by atoms with Crippen LogP contribution in [0.5, 0.6) is 5.75 Å². The second kappa shape index (κ2) is 8.24. The summed E-state index contributed by atoms with van der Waals surface area (Å²) >= 11 is 0. The fraction of sp³-hybridized carbons (Fsp3) is 0.467. The highest BCUT2D eigenvalue weighted by Crippen LogP contribution is 2.18. The zero-order valence-corrected chi connectivity index (χ0v) is 12.5. The van der Waals surface area contributed by atoms with Crippen molar-refractivity contribution >= 4 is 11.9 Å². The lowest BCUT2D eigenvalue weighted by atomic mass is 10.2. The van der Waals surface area contributed by atoms with E-state index in [-0.39, 0.29) is 31.0 Å². The van der Waals surface area contributed by atoms with Crippen LogP contribution in [0.4, 0.5) is 4.39 Å². The summed E-state index contributed by atoms with van der Waals surface area (Å²) in [7, 11) is 3.00. The Morgan fingerprint density at radius 2 is 2.00 bits per heavy atom. The molecule has 1 rings (SSSR count). The van der Waals surface area contributed by atoms with Crippen molar-refractivity contribution in [2.75, 3.05) is 20.8 Å². The summed E-state index contributed by atoms with van der Waals surface area (Å²) in [5.41, 5.74) is 0.653. The van der Waals surface area contributed by atoms with E-state index in [0.29, 0.717) is 12.2 Å². The summed E-state index contributed by atoms with van der Waals surface area (Å²) in [5.74, 6) is -0.897. The highest BCUT2D eigenvalue weighted by Gasteiger charge is 2.13. The van der Waals surface area contributed by atoms with Crippen molar-refractivity contribution in [1.29, 1.82) is 0 Å². The Labute approximate surface area is 123 Å². The number of hydrogen-bond donors (Lipinski definition) is 0. The van der Waals surface area contributed by atoms with E-state index < -0.39 is 11.8 Å². The van der Waals surface area contributed by atoms with Crippen LogP contribution < -0.4 is 4.74 Å². The topological polar surface area (TPSA) is 55.8 Å². The van der Waals surface area contributed by atoms with Crippen LogP contribution in [0.25, 0.3) is 0 Å². The van der Waals surface area contributed by atoms with Crippen LogP contribution in [0, 0.1) is 5.82 Å². The first-order chi connectivity index (χ1) is 9.97. The second-order valence-corrected chi connectivity index (χ2v) is 4.52. The number of rotatable bonds is 7. The van der Waals surface area contributed by atoms with Gasteiger partial charge in [-0.15, -0.1) is 0 Å². The van der Waals surface area contributed by atoms with Gasteiger partial charge in [0.2, 0.25) is 5.91 Å². The van der Waals surface area contributed by atoms with E-state index in [2.05, 4.69) is 0 Å². The van der Waals surface area contributed by atoms with E-state index in [9.17, 15) is 14.0 Å². The number of methoxy groups -OCH3 is 1. The normalized spacial score (nSPS) is 10.1. The predicted octanol–water partition coefficient (Wildman–Crippen LogP) is 2.14. The highest BCUT2D eigenvalue weighted by molar-refractivity contribution is 5.81. The van der Waals surface area contributed by atoms with Crippen LogP contribution in [0.15, 0.2) is 18.2 Å². The Morgan fingerprint density at radius 1 is 1.29 bits per heavy atom. The van der Waals surface area contributed by atoms with Gasteiger partial charge >= 0.3 is 5.97 Å². The first-order valence-electron chi connectivity index (χ1n) is 6.70. The predicted molar refractivity (Wildman–Crippen MR) is 75.3 cm³/mol. The lowest BCUT2D eigenvalue weighted by molar-refractivity contribution is -0.145. The van der Waals surface area contributed by atoms with E-state index >= 15 is 0 Å². The van der Waals surface area contributed by atoms with Gasteiger partial charge in [0.1, 0.15) is 0 Å². The highest BCUT2D eigenvalue weighted by atomic mass is 19.1. The third kappa shape index (κ3) is 5.41. The molecule has 0 aliphatic carbocycles. The van der Waals surface area contributed by atoms with E-state index in [4.69, 9.17) is 9.47 Å². The average Bonchev–Trinajstić information content (AvgIpc) is 2.45. The number of carbonyl (C=O) groups excluding carboxylic acids is 2. The van der Waals surface area contributed by atoms with E-state index in [1.807, 2.05) is 0 Å². The van der Waals surface area contributed by atoms with Gasteiger partial charge in [-0.25, -0.2) is 4.39 Å². The monoisotopic (exact) mass is 297 g/mol. The molecule has 0 saturated heterocycles. The number of ether oxygens (including phenoxy) is 2. The van der Waals surface area contributed by atoms with Crippen LogP contribution in [-0.2, 0) is 20.9 Å². The number of hydrogen-bond acceptors (Lipinski definition) is 4. The molecule has 0 atom stereocenters. The molecule has 5 nitrogen and oxygen atoms in total. The largest absolute Gasteiger partial charge is 0.494 e. The first kappa shape index (κ1) is 16.9. The molecule has 6 heteroatoms. The number of nitrogens with zero attached hydrogens (tertiary/aromatic N) is 1. The molecule has 0 N–H and O–H groups in total. The molecule has 0 spiro atoms. The Morgan fingerprint density at radius 3 is 2.57 bits per heavy atom. The van der Waals surface area contributed by atoms with Crippen LogP contribution >= 0.6 is 0 Å². The van der Waals surface area contributed by atoms with Crippen LogP contribution in [0.1, 0.15) is 25.3 Å². The zero-order chi connectivity index (χ0) is 15.8. The maximum absolute atomic E-state index is 13.6. The number of carbonyl (C=O) groups is 2. The standard InChI is InChI=1S/C15H20FNO4/c1-4-21-15(19)8-7-14(18)17(2)10-11-5-6-13(20-3)12(16)9-11/h5-6,9H,4,7-8,10H2,1-3H3. The smallest absolute Gasteiger partial charge is 0.306 e. The summed E-state index contributed by atoms with van der Waals surface area (Å²) in [6.07, 6.45) is 0.127. The molecule has 21 heavy (non-hydrogen) atoms. The van der Waals surface area contributed by atoms with Crippen LogP contribution in [0.2, 0.25) is 0 Å². The molecule has 0 bridgehead atoms. The van der Waals surface area contributed by atoms with Gasteiger partial charge < -0.3 is 14.4 Å². The minimum Gasteiger partial charge on any atom is -0.494 e. The van der Waals surface area contributed by atoms with Crippen molar-refractivity contribution in [2.24, 2.45) is 0 Å². The molecule has 0 fully saturated rings. The van der Waals surface area contributed by atoms with Crippen LogP contribution in [-0.4, -0.2) is 37.5 Å². The van der Waals surface area contributed by atoms with Crippen molar-refractivity contribution in [3.63, 3.8) is 0 Å². The summed E-state index contributed by atoms with van der Waals surface area (Å²) < 4.78 is 23.1. The molecule has 1 aromatic rings. The molecule has 1 amide bonds. The fourth-order valence-electron chi connectivity index (χ4n) is 1.80. The molecule has 0 heterocycles. The Balaban J connectivity index is 2.52. The Hall–Kier alpha value is -2.11. The van der Waals surface area contributed by atoms with E-state index in [1.54, 1.807) is 20.0 Å². The van der Waals surface area contributed by atoms with E-state index in [1.165, 1.54) is 24.1 Å². The Bertz CT molecular complexity index is 504. The molecule has 0 aliphatic heterocycles. The third-order valence-electron chi connectivity index (χ3n) is 2.91. The maximum atomic E-state index is 13.6. The minimum absolute atomic E-state index is 0.0496. The molecule has 1 aromatic carbocycles. The van der Waals surface area contributed by atoms with Gasteiger partial charge in [0.15, 0.2) is 11.6 Å². The van der Waals surface area contributed by atoms with Gasteiger partial charge in [-0.05, 0) is 24.6 Å². The molecule has 0 aromatic heterocycles. The number of benzene rings is 1. The number of esters is 1. The minimum atomic E-state index is -0.470. The van der Waals surface area contributed by atoms with Gasteiger partial charge in [0.05, 0.1) is 20.1 Å². The molecule has 0 saturated carbocycles. The molecular formula is C15H20FNO4. The molecule has 0 radical (unpaired) electrons. The summed E-state index contributed by atoms with van der Waals surface area (Å²) in [6, 6.07) is 4.53. The van der Waals surface area contributed by atoms with Gasteiger partial charge in [-0.1, -0.05) is 6.07 Å². The maximum Gasteiger partial charge on any atom is 0.306 e. The van der Waals surface area contributed by atoms with Crippen molar-refractivity contribution in [1.82, 2.24) is 4.90 Å². The second-order valence-electron chi connectivity index (χ2n) is 4.52. The van der Waals surface area contributed by atoms with E-state index in [0.717, 1.165) is 0 Å². The number of amides is 1. The van der Waals surface area contributed by atoms with Crippen molar-refractivity contribution in [3.05, 3.63) is 29.6 Å². The lowest BCUT2D eigenvalue weighted by Gasteiger charge is -2.17. The molecule has 116 valence electrons. The average molecular weight is 297 g/mol. The van der Waals surface area contributed by atoms with Gasteiger partial charge in [0.25, 0.3) is 0 Å². The summed E-state index contributed by atoms with van der Waals surface area (Å²) in [6.45, 7) is 2.28. The van der Waals surface area contributed by atoms with Gasteiger partial charge in [0, 0.05) is 20.0 Å².